The Bertz CT molecular complexity index is 815. The lowest BCUT2D eigenvalue weighted by Gasteiger charge is -2.21. The third kappa shape index (κ3) is 2.71. The lowest BCUT2D eigenvalue weighted by Crippen LogP contribution is -2.32. The van der Waals surface area contributed by atoms with Crippen LogP contribution in [0.25, 0.3) is 23.1 Å². The first-order chi connectivity index (χ1) is 10.7. The van der Waals surface area contributed by atoms with Gasteiger partial charge in [0.05, 0.1) is 6.04 Å². The van der Waals surface area contributed by atoms with Crippen molar-refractivity contribution in [1.82, 2.24) is 30.2 Å². The highest BCUT2D eigenvalue weighted by Crippen LogP contribution is 2.24. The summed E-state index contributed by atoms with van der Waals surface area (Å²) in [6.45, 7) is 3.61. The number of nitrogens with zero attached hydrogens (tertiary/aromatic N) is 5. The molecule has 1 unspecified atom stereocenters. The molecule has 0 amide bonds. The van der Waals surface area contributed by atoms with E-state index in [1.54, 1.807) is 12.1 Å². The summed E-state index contributed by atoms with van der Waals surface area (Å²) in [6.07, 6.45) is 0. The number of halogens is 2. The van der Waals surface area contributed by atoms with Gasteiger partial charge in [0.2, 0.25) is 11.6 Å². The molecule has 1 aliphatic heterocycles. The van der Waals surface area contributed by atoms with Crippen LogP contribution in [-0.4, -0.2) is 31.4 Å². The van der Waals surface area contributed by atoms with Crippen LogP contribution < -0.4 is 5.32 Å². The summed E-state index contributed by atoms with van der Waals surface area (Å²) >= 11 is 0. The number of fused-ring (bicyclic) bond motifs is 1. The third-order valence-corrected chi connectivity index (χ3v) is 3.67. The van der Waals surface area contributed by atoms with Gasteiger partial charge in [-0.25, -0.2) is 4.39 Å². The maximum absolute atomic E-state index is 13.0. The zero-order chi connectivity index (χ0) is 15.1. The van der Waals surface area contributed by atoms with E-state index in [1.807, 2.05) is 11.5 Å². The maximum Gasteiger partial charge on any atom is 0.296 e. The van der Waals surface area contributed by atoms with Crippen LogP contribution in [0.2, 0.25) is 0 Å². The highest BCUT2D eigenvalue weighted by molar-refractivity contribution is 5.85. The van der Waals surface area contributed by atoms with Crippen molar-refractivity contribution < 1.29 is 8.91 Å². The molecule has 0 bridgehead atoms. The van der Waals surface area contributed by atoms with Gasteiger partial charge in [-0.15, -0.1) is 22.6 Å². The summed E-state index contributed by atoms with van der Waals surface area (Å²) in [5.41, 5.74) is 0.685. The van der Waals surface area contributed by atoms with Crippen LogP contribution in [0.1, 0.15) is 18.8 Å². The van der Waals surface area contributed by atoms with Crippen LogP contribution in [0, 0.1) is 5.82 Å². The maximum atomic E-state index is 13.0. The van der Waals surface area contributed by atoms with Crippen molar-refractivity contribution in [1.29, 1.82) is 0 Å². The monoisotopic (exact) mass is 336 g/mol. The Morgan fingerprint density at radius 2 is 2.04 bits per heavy atom. The van der Waals surface area contributed by atoms with Crippen LogP contribution in [-0.2, 0) is 6.54 Å². The minimum atomic E-state index is -0.305. The second-order valence-electron chi connectivity index (χ2n) is 5.14. The van der Waals surface area contributed by atoms with Crippen molar-refractivity contribution in [2.24, 2.45) is 0 Å². The molecule has 0 saturated carbocycles. The van der Waals surface area contributed by atoms with Crippen LogP contribution in [0.3, 0.4) is 0 Å². The summed E-state index contributed by atoms with van der Waals surface area (Å²) in [4.78, 5) is 4.34. The van der Waals surface area contributed by atoms with E-state index in [0.717, 1.165) is 18.9 Å². The van der Waals surface area contributed by atoms with Gasteiger partial charge in [0.15, 0.2) is 0 Å². The van der Waals surface area contributed by atoms with E-state index in [2.05, 4.69) is 25.7 Å². The Hall–Kier alpha value is -2.32. The van der Waals surface area contributed by atoms with Gasteiger partial charge in [-0.05, 0) is 31.2 Å². The van der Waals surface area contributed by atoms with Crippen LogP contribution >= 0.6 is 12.4 Å². The lowest BCUT2D eigenvalue weighted by atomic mass is 10.2. The molecule has 0 radical (unpaired) electrons. The van der Waals surface area contributed by atoms with Gasteiger partial charge >= 0.3 is 0 Å². The Morgan fingerprint density at radius 3 is 2.83 bits per heavy atom. The van der Waals surface area contributed by atoms with E-state index in [4.69, 9.17) is 4.52 Å². The second-order valence-corrected chi connectivity index (χ2v) is 5.14. The van der Waals surface area contributed by atoms with Gasteiger partial charge in [-0.2, -0.15) is 4.98 Å². The minimum Gasteiger partial charge on any atom is -0.330 e. The SMILES string of the molecule is CC1NCCn2c(-c3nc(-c4ccc(F)cc4)no3)nnc21.Cl. The van der Waals surface area contributed by atoms with Crippen molar-refractivity contribution in [3.05, 3.63) is 35.9 Å². The predicted molar refractivity (Wildman–Crippen MR) is 82.4 cm³/mol. The van der Waals surface area contributed by atoms with E-state index in [9.17, 15) is 4.39 Å². The Kier molecular flexibility index (Phi) is 4.10. The third-order valence-electron chi connectivity index (χ3n) is 3.67. The zero-order valence-corrected chi connectivity index (χ0v) is 13.0. The fourth-order valence-corrected chi connectivity index (χ4v) is 2.53. The first kappa shape index (κ1) is 15.6. The molecule has 1 N–H and O–H groups in total. The Labute approximate surface area is 137 Å². The molecule has 120 valence electrons. The number of aromatic nitrogens is 5. The number of rotatable bonds is 2. The first-order valence-corrected chi connectivity index (χ1v) is 6.99. The molecule has 1 aliphatic rings. The highest BCUT2D eigenvalue weighted by atomic mass is 35.5. The van der Waals surface area contributed by atoms with Crippen molar-refractivity contribution in [2.45, 2.75) is 19.5 Å². The number of hydrogen-bond donors (Lipinski definition) is 1. The van der Waals surface area contributed by atoms with E-state index >= 15 is 0 Å². The number of hydrogen-bond acceptors (Lipinski definition) is 6. The predicted octanol–water partition coefficient (Wildman–Crippen LogP) is 2.22. The van der Waals surface area contributed by atoms with E-state index in [1.165, 1.54) is 12.1 Å². The van der Waals surface area contributed by atoms with Crippen molar-refractivity contribution in [3.63, 3.8) is 0 Å². The quantitative estimate of drug-likeness (QED) is 0.772. The molecule has 4 rings (SSSR count). The summed E-state index contributed by atoms with van der Waals surface area (Å²) in [6, 6.07) is 6.06. The standard InChI is InChI=1S/C14H13FN6O.ClH/c1-8-12-18-19-13(21(12)7-6-16-8)14-17-11(20-22-14)9-2-4-10(15)5-3-9;/h2-5,8,16H,6-7H2,1H3;1H. The molecule has 0 spiro atoms. The second kappa shape index (κ2) is 6.05. The zero-order valence-electron chi connectivity index (χ0n) is 12.2. The molecule has 9 heteroatoms. The average Bonchev–Trinajstić information content (AvgIpc) is 3.15. The summed E-state index contributed by atoms with van der Waals surface area (Å²) in [5.74, 6) is 1.81. The molecule has 23 heavy (non-hydrogen) atoms. The lowest BCUT2D eigenvalue weighted by molar-refractivity contribution is 0.414. The molecule has 0 saturated heterocycles. The molecule has 2 aromatic heterocycles. The van der Waals surface area contributed by atoms with Crippen LogP contribution in [0.5, 0.6) is 0 Å². The van der Waals surface area contributed by atoms with Gasteiger partial charge in [0.25, 0.3) is 5.89 Å². The van der Waals surface area contributed by atoms with Crippen molar-refractivity contribution >= 4 is 12.4 Å². The summed E-state index contributed by atoms with van der Waals surface area (Å²) in [5, 5.41) is 15.6. The summed E-state index contributed by atoms with van der Waals surface area (Å²) < 4.78 is 20.2. The molecule has 1 atom stereocenters. The Balaban J connectivity index is 0.00000156. The molecular weight excluding hydrogens is 323 g/mol. The van der Waals surface area contributed by atoms with Gasteiger partial charge in [0, 0.05) is 18.7 Å². The fourth-order valence-electron chi connectivity index (χ4n) is 2.53. The van der Waals surface area contributed by atoms with Crippen LogP contribution in [0.4, 0.5) is 4.39 Å². The number of nitrogens with one attached hydrogen (secondary N) is 1. The van der Waals surface area contributed by atoms with Gasteiger partial charge in [0.1, 0.15) is 11.6 Å². The topological polar surface area (TPSA) is 81.7 Å². The van der Waals surface area contributed by atoms with Crippen LogP contribution in [0.15, 0.2) is 28.8 Å². The largest absolute Gasteiger partial charge is 0.330 e. The minimum absolute atomic E-state index is 0. The van der Waals surface area contributed by atoms with E-state index in [0.29, 0.717) is 23.1 Å². The molecule has 7 nitrogen and oxygen atoms in total. The Morgan fingerprint density at radius 1 is 1.26 bits per heavy atom. The first-order valence-electron chi connectivity index (χ1n) is 6.99. The van der Waals surface area contributed by atoms with Gasteiger partial charge < -0.3 is 14.4 Å². The van der Waals surface area contributed by atoms with Gasteiger partial charge in [-0.1, -0.05) is 5.16 Å². The average molecular weight is 337 g/mol. The fraction of sp³-hybridized carbons (Fsp3) is 0.286. The molecule has 3 heterocycles. The van der Waals surface area contributed by atoms with Gasteiger partial charge in [-0.3, -0.25) is 0 Å². The molecule has 0 fully saturated rings. The normalized spacial score (nSPS) is 16.7. The van der Waals surface area contributed by atoms with Crippen molar-refractivity contribution in [2.75, 3.05) is 6.54 Å². The highest BCUT2D eigenvalue weighted by Gasteiger charge is 2.25. The molecular formula is C14H14ClFN6O. The van der Waals surface area contributed by atoms with E-state index < -0.39 is 0 Å². The summed E-state index contributed by atoms with van der Waals surface area (Å²) in [7, 11) is 0. The smallest absolute Gasteiger partial charge is 0.296 e. The van der Waals surface area contributed by atoms with E-state index in [-0.39, 0.29) is 24.3 Å². The van der Waals surface area contributed by atoms with Crippen molar-refractivity contribution in [3.8, 4) is 23.1 Å². The number of benzene rings is 1. The molecule has 1 aromatic carbocycles. The molecule has 0 aliphatic carbocycles. The molecule has 3 aromatic rings.